The number of aromatic nitrogens is 1. The fourth-order valence-electron chi connectivity index (χ4n) is 1.32. The topological polar surface area (TPSA) is 33.1 Å². The number of rotatable bonds is 0. The molecule has 1 aromatic heterocycles. The van der Waals surface area contributed by atoms with Crippen LogP contribution in [0.1, 0.15) is 5.69 Å². The van der Waals surface area contributed by atoms with Gasteiger partial charge in [0.25, 0.3) is 0 Å². The molecule has 2 rings (SSSR count). The molecule has 84 valence electrons. The summed E-state index contributed by atoms with van der Waals surface area (Å²) in [5.74, 6) is -0.0187. The third-order valence-corrected chi connectivity index (χ3v) is 2.69. The summed E-state index contributed by atoms with van der Waals surface area (Å²) >= 11 is 3.02. The predicted octanol–water partition coefficient (Wildman–Crippen LogP) is 3.72. The van der Waals surface area contributed by atoms with Crippen LogP contribution in [-0.4, -0.2) is 10.1 Å². The second kappa shape index (κ2) is 3.62. The third kappa shape index (κ3) is 1.97. The van der Waals surface area contributed by atoms with Crippen molar-refractivity contribution in [2.75, 3.05) is 0 Å². The van der Waals surface area contributed by atoms with Gasteiger partial charge < -0.3 is 5.11 Å². The van der Waals surface area contributed by atoms with Gasteiger partial charge in [0.05, 0.1) is 5.52 Å². The Labute approximate surface area is 96.9 Å². The number of benzene rings is 1. The Kier molecular flexibility index (Phi) is 2.53. The van der Waals surface area contributed by atoms with Crippen molar-refractivity contribution in [3.05, 3.63) is 34.4 Å². The van der Waals surface area contributed by atoms with Crippen LogP contribution in [0.5, 0.6) is 5.75 Å². The molecule has 0 amide bonds. The highest BCUT2D eigenvalue weighted by atomic mass is 79.9. The van der Waals surface area contributed by atoms with Gasteiger partial charge in [0.1, 0.15) is 11.4 Å². The summed E-state index contributed by atoms with van der Waals surface area (Å²) in [7, 11) is 0. The summed E-state index contributed by atoms with van der Waals surface area (Å²) in [5.41, 5.74) is -0.780. The highest BCUT2D eigenvalue weighted by molar-refractivity contribution is 9.10. The van der Waals surface area contributed by atoms with Crippen LogP contribution in [-0.2, 0) is 6.18 Å². The molecule has 0 unspecified atom stereocenters. The molecule has 1 N–H and O–H groups in total. The van der Waals surface area contributed by atoms with Crippen LogP contribution in [0.15, 0.2) is 28.7 Å². The van der Waals surface area contributed by atoms with Crippen molar-refractivity contribution < 1.29 is 18.3 Å². The number of hydrogen-bond acceptors (Lipinski definition) is 2. The maximum Gasteiger partial charge on any atom is 0.433 e. The summed E-state index contributed by atoms with van der Waals surface area (Å²) < 4.78 is 37.6. The Bertz CT molecular complexity index is 553. The van der Waals surface area contributed by atoms with E-state index in [0.717, 1.165) is 6.07 Å². The molecule has 1 heterocycles. The maximum atomic E-state index is 12.4. The molecule has 0 radical (unpaired) electrons. The lowest BCUT2D eigenvalue weighted by molar-refractivity contribution is -0.141. The number of pyridine rings is 1. The second-order valence-electron chi connectivity index (χ2n) is 3.19. The minimum absolute atomic E-state index is 0.0187. The number of phenolic OH excluding ortho intramolecular Hbond substituents is 1. The number of fused-ring (bicyclic) bond motifs is 1. The first-order valence-electron chi connectivity index (χ1n) is 4.24. The maximum absolute atomic E-state index is 12.4. The van der Waals surface area contributed by atoms with Gasteiger partial charge in [-0.2, -0.15) is 13.2 Å². The SMILES string of the molecule is Oc1ccc2nc(C(F)(F)F)cc(Br)c2c1. The molecular weight excluding hydrogens is 287 g/mol. The molecule has 0 aliphatic rings. The van der Waals surface area contributed by atoms with Crippen LogP contribution in [0.2, 0.25) is 0 Å². The molecule has 0 fully saturated rings. The summed E-state index contributed by atoms with van der Waals surface area (Å²) in [6.07, 6.45) is -4.48. The van der Waals surface area contributed by atoms with E-state index in [4.69, 9.17) is 0 Å². The number of alkyl halides is 3. The number of phenols is 1. The second-order valence-corrected chi connectivity index (χ2v) is 4.04. The fourth-order valence-corrected chi connectivity index (χ4v) is 1.85. The van der Waals surface area contributed by atoms with E-state index in [1.54, 1.807) is 0 Å². The number of aromatic hydroxyl groups is 1. The first-order valence-corrected chi connectivity index (χ1v) is 5.04. The van der Waals surface area contributed by atoms with Crippen LogP contribution >= 0.6 is 15.9 Å². The van der Waals surface area contributed by atoms with Gasteiger partial charge in [0.2, 0.25) is 0 Å². The zero-order valence-electron chi connectivity index (χ0n) is 7.72. The van der Waals surface area contributed by atoms with Crippen molar-refractivity contribution in [3.8, 4) is 5.75 Å². The Morgan fingerprint density at radius 2 is 1.88 bits per heavy atom. The van der Waals surface area contributed by atoms with Crippen LogP contribution in [0, 0.1) is 0 Å². The lowest BCUT2D eigenvalue weighted by Crippen LogP contribution is -2.07. The van der Waals surface area contributed by atoms with Crippen LogP contribution in [0.25, 0.3) is 10.9 Å². The first-order chi connectivity index (χ1) is 7.38. The molecule has 2 aromatic rings. The normalized spacial score (nSPS) is 12.0. The van der Waals surface area contributed by atoms with E-state index in [0.29, 0.717) is 5.39 Å². The highest BCUT2D eigenvalue weighted by Gasteiger charge is 2.33. The molecule has 0 saturated carbocycles. The fraction of sp³-hybridized carbons (Fsp3) is 0.100. The summed E-state index contributed by atoms with van der Waals surface area (Å²) in [4.78, 5) is 3.48. The average Bonchev–Trinajstić information content (AvgIpc) is 2.17. The van der Waals surface area contributed by atoms with Gasteiger partial charge in [0.15, 0.2) is 0 Å². The Hall–Kier alpha value is -1.30. The van der Waals surface area contributed by atoms with Crippen molar-refractivity contribution >= 4 is 26.8 Å². The van der Waals surface area contributed by atoms with E-state index in [1.165, 1.54) is 18.2 Å². The summed E-state index contributed by atoms with van der Waals surface area (Å²) in [6, 6.07) is 4.88. The minimum Gasteiger partial charge on any atom is -0.508 e. The number of halogens is 4. The molecule has 6 heteroatoms. The van der Waals surface area contributed by atoms with E-state index >= 15 is 0 Å². The molecule has 0 saturated heterocycles. The minimum atomic E-state index is -4.48. The zero-order valence-corrected chi connectivity index (χ0v) is 9.30. The van der Waals surface area contributed by atoms with E-state index in [2.05, 4.69) is 20.9 Å². The molecule has 1 aromatic carbocycles. The summed E-state index contributed by atoms with van der Waals surface area (Å²) in [5, 5.41) is 9.65. The summed E-state index contributed by atoms with van der Waals surface area (Å²) in [6.45, 7) is 0. The van der Waals surface area contributed by atoms with Gasteiger partial charge in [-0.15, -0.1) is 0 Å². The van der Waals surface area contributed by atoms with E-state index in [1.807, 2.05) is 0 Å². The van der Waals surface area contributed by atoms with Gasteiger partial charge in [0, 0.05) is 9.86 Å². The predicted molar refractivity (Wildman–Crippen MR) is 56.1 cm³/mol. The Morgan fingerprint density at radius 1 is 1.19 bits per heavy atom. The van der Waals surface area contributed by atoms with Gasteiger partial charge in [-0.3, -0.25) is 0 Å². The molecule has 0 aliphatic carbocycles. The third-order valence-electron chi connectivity index (χ3n) is 2.03. The molecular formula is C10H5BrF3NO. The van der Waals surface area contributed by atoms with Crippen LogP contribution in [0.3, 0.4) is 0 Å². The van der Waals surface area contributed by atoms with Crippen molar-refractivity contribution in [1.82, 2.24) is 4.98 Å². The zero-order chi connectivity index (χ0) is 11.9. The largest absolute Gasteiger partial charge is 0.508 e. The van der Waals surface area contributed by atoms with Crippen LogP contribution < -0.4 is 0 Å². The molecule has 0 spiro atoms. The van der Waals surface area contributed by atoms with Gasteiger partial charge >= 0.3 is 6.18 Å². The van der Waals surface area contributed by atoms with Crippen molar-refractivity contribution in [2.45, 2.75) is 6.18 Å². The average molecular weight is 292 g/mol. The first kappa shape index (κ1) is 11.2. The van der Waals surface area contributed by atoms with E-state index in [9.17, 15) is 18.3 Å². The lowest BCUT2D eigenvalue weighted by atomic mass is 10.2. The smallest absolute Gasteiger partial charge is 0.433 e. The van der Waals surface area contributed by atoms with Crippen molar-refractivity contribution in [1.29, 1.82) is 0 Å². The van der Waals surface area contributed by atoms with Crippen LogP contribution in [0.4, 0.5) is 13.2 Å². The lowest BCUT2D eigenvalue weighted by Gasteiger charge is -2.08. The highest BCUT2D eigenvalue weighted by Crippen LogP contribution is 2.33. The molecule has 0 atom stereocenters. The Morgan fingerprint density at radius 3 is 2.50 bits per heavy atom. The number of hydrogen-bond donors (Lipinski definition) is 1. The van der Waals surface area contributed by atoms with Gasteiger partial charge in [-0.1, -0.05) is 15.9 Å². The quantitative estimate of drug-likeness (QED) is 0.802. The molecule has 16 heavy (non-hydrogen) atoms. The molecule has 0 aliphatic heterocycles. The van der Waals surface area contributed by atoms with E-state index < -0.39 is 11.9 Å². The monoisotopic (exact) mass is 291 g/mol. The van der Waals surface area contributed by atoms with Gasteiger partial charge in [-0.05, 0) is 24.3 Å². The molecule has 2 nitrogen and oxygen atoms in total. The molecule has 0 bridgehead atoms. The Balaban J connectivity index is 2.74. The number of nitrogens with zero attached hydrogens (tertiary/aromatic N) is 1. The standard InChI is InChI=1S/C10H5BrF3NO/c11-7-4-9(10(12,13)14)15-8-2-1-5(16)3-6(7)8/h1-4,16H. The van der Waals surface area contributed by atoms with E-state index in [-0.39, 0.29) is 15.7 Å². The van der Waals surface area contributed by atoms with Gasteiger partial charge in [-0.25, -0.2) is 4.98 Å². The van der Waals surface area contributed by atoms with Crippen molar-refractivity contribution in [3.63, 3.8) is 0 Å². The van der Waals surface area contributed by atoms with Crippen molar-refractivity contribution in [2.24, 2.45) is 0 Å².